The van der Waals surface area contributed by atoms with Gasteiger partial charge in [0, 0.05) is 12.0 Å². The largest absolute Gasteiger partial charge is 0.497 e. The minimum Gasteiger partial charge on any atom is -0.497 e. The number of furan rings is 1. The average Bonchev–Trinajstić information content (AvgIpc) is 3.13. The zero-order valence-electron chi connectivity index (χ0n) is 15.6. The highest BCUT2D eigenvalue weighted by Crippen LogP contribution is 2.27. The molecule has 1 aromatic carbocycles. The summed E-state index contributed by atoms with van der Waals surface area (Å²) in [6, 6.07) is 8.87. The van der Waals surface area contributed by atoms with E-state index in [0.717, 1.165) is 11.3 Å². The van der Waals surface area contributed by atoms with Crippen molar-refractivity contribution in [2.45, 2.75) is 20.3 Å². The molecule has 3 aromatic rings. The third-order valence-corrected chi connectivity index (χ3v) is 4.05. The molecule has 1 N–H and O–H groups in total. The van der Waals surface area contributed by atoms with Crippen molar-refractivity contribution >= 4 is 11.9 Å². The Balaban J connectivity index is 1.74. The molecule has 2 heterocycles. The summed E-state index contributed by atoms with van der Waals surface area (Å²) in [6.45, 7) is 3.60. The van der Waals surface area contributed by atoms with Crippen LogP contribution < -0.4 is 14.8 Å². The molecule has 0 aliphatic rings. The van der Waals surface area contributed by atoms with Gasteiger partial charge in [0.1, 0.15) is 17.3 Å². The molecule has 0 atom stereocenters. The maximum Gasteiger partial charge on any atom is 0.293 e. The van der Waals surface area contributed by atoms with Crippen molar-refractivity contribution in [3.05, 3.63) is 58.8 Å². The lowest BCUT2D eigenvalue weighted by Gasteiger charge is -2.09. The number of ether oxygens (including phenoxy) is 2. The Hall–Kier alpha value is -3.42. The van der Waals surface area contributed by atoms with E-state index in [1.54, 1.807) is 40.2 Å². The summed E-state index contributed by atoms with van der Waals surface area (Å²) in [5.74, 6) is 1.90. The smallest absolute Gasteiger partial charge is 0.293 e. The lowest BCUT2D eigenvalue weighted by molar-refractivity contribution is 0.0994. The number of methoxy groups -OCH3 is 2. The number of rotatable bonds is 6. The van der Waals surface area contributed by atoms with E-state index in [-0.39, 0.29) is 11.7 Å². The second-order valence-electron chi connectivity index (χ2n) is 5.88. The first-order valence-corrected chi connectivity index (χ1v) is 8.29. The van der Waals surface area contributed by atoms with Gasteiger partial charge < -0.3 is 13.9 Å². The van der Waals surface area contributed by atoms with Crippen LogP contribution in [-0.4, -0.2) is 35.3 Å². The summed E-state index contributed by atoms with van der Waals surface area (Å²) in [4.78, 5) is 16.5. The monoisotopic (exact) mass is 368 g/mol. The highest BCUT2D eigenvalue weighted by molar-refractivity contribution is 6.01. The second kappa shape index (κ2) is 7.86. The van der Waals surface area contributed by atoms with Crippen LogP contribution in [0, 0.1) is 13.8 Å². The minimum atomic E-state index is -0.441. The van der Waals surface area contributed by atoms with Gasteiger partial charge in [-0.1, -0.05) is 0 Å². The number of hydrogen-bond acceptors (Lipinski definition) is 7. The number of nitrogens with one attached hydrogen (secondary N) is 1. The molecular weight excluding hydrogens is 348 g/mol. The maximum absolute atomic E-state index is 12.3. The van der Waals surface area contributed by atoms with Crippen molar-refractivity contribution in [3.8, 4) is 11.5 Å². The van der Waals surface area contributed by atoms with Crippen molar-refractivity contribution in [1.82, 2.24) is 15.2 Å². The molecule has 140 valence electrons. The van der Waals surface area contributed by atoms with Crippen LogP contribution in [0.25, 0.3) is 0 Å². The Bertz CT molecular complexity index is 968. The SMILES string of the molecule is COc1ccc(OC)c(Cc2ccc(C(=O)Nc3nnc(C)c(C)n3)o2)c1. The summed E-state index contributed by atoms with van der Waals surface area (Å²) < 4.78 is 16.3. The normalized spacial score (nSPS) is 10.5. The lowest BCUT2D eigenvalue weighted by atomic mass is 10.1. The van der Waals surface area contributed by atoms with Crippen LogP contribution in [0.5, 0.6) is 11.5 Å². The van der Waals surface area contributed by atoms with Crippen molar-refractivity contribution in [2.75, 3.05) is 19.5 Å². The highest BCUT2D eigenvalue weighted by Gasteiger charge is 2.15. The van der Waals surface area contributed by atoms with Gasteiger partial charge in [0.15, 0.2) is 5.76 Å². The van der Waals surface area contributed by atoms with Gasteiger partial charge in [-0.15, -0.1) is 5.10 Å². The first-order chi connectivity index (χ1) is 13.0. The molecule has 0 saturated heterocycles. The predicted octanol–water partition coefficient (Wildman–Crippen LogP) is 2.94. The van der Waals surface area contributed by atoms with Crippen molar-refractivity contribution < 1.29 is 18.7 Å². The number of hydrogen-bond donors (Lipinski definition) is 1. The number of aryl methyl sites for hydroxylation is 2. The fourth-order valence-electron chi connectivity index (χ4n) is 2.48. The number of nitrogens with zero attached hydrogens (tertiary/aromatic N) is 3. The van der Waals surface area contributed by atoms with Crippen LogP contribution in [0.3, 0.4) is 0 Å². The van der Waals surface area contributed by atoms with E-state index in [0.29, 0.717) is 29.3 Å². The van der Waals surface area contributed by atoms with E-state index in [1.807, 2.05) is 18.2 Å². The maximum atomic E-state index is 12.3. The molecule has 0 saturated carbocycles. The van der Waals surface area contributed by atoms with Crippen molar-refractivity contribution in [2.24, 2.45) is 0 Å². The van der Waals surface area contributed by atoms with Gasteiger partial charge in [-0.05, 0) is 44.2 Å². The number of aromatic nitrogens is 3. The summed E-state index contributed by atoms with van der Waals surface area (Å²) in [7, 11) is 3.20. The third kappa shape index (κ3) is 4.22. The van der Waals surface area contributed by atoms with Gasteiger partial charge in [0.2, 0.25) is 5.95 Å². The number of amides is 1. The summed E-state index contributed by atoms with van der Waals surface area (Å²) >= 11 is 0. The van der Waals surface area contributed by atoms with Gasteiger partial charge in [0.05, 0.1) is 25.6 Å². The van der Waals surface area contributed by atoms with E-state index >= 15 is 0 Å². The first-order valence-electron chi connectivity index (χ1n) is 8.29. The lowest BCUT2D eigenvalue weighted by Crippen LogP contribution is -2.15. The zero-order valence-corrected chi connectivity index (χ0v) is 15.6. The Morgan fingerprint density at radius 2 is 1.89 bits per heavy atom. The number of carbonyl (C=O) groups is 1. The molecule has 8 heteroatoms. The summed E-state index contributed by atoms with van der Waals surface area (Å²) in [6.07, 6.45) is 0.454. The fourth-order valence-corrected chi connectivity index (χ4v) is 2.48. The number of carbonyl (C=O) groups excluding carboxylic acids is 1. The quantitative estimate of drug-likeness (QED) is 0.714. The van der Waals surface area contributed by atoms with E-state index in [2.05, 4.69) is 20.5 Å². The van der Waals surface area contributed by atoms with Crippen molar-refractivity contribution in [1.29, 1.82) is 0 Å². The highest BCUT2D eigenvalue weighted by atomic mass is 16.5. The van der Waals surface area contributed by atoms with E-state index in [1.165, 1.54) is 0 Å². The minimum absolute atomic E-state index is 0.135. The Morgan fingerprint density at radius 1 is 1.07 bits per heavy atom. The van der Waals surface area contributed by atoms with Crippen LogP contribution in [0.2, 0.25) is 0 Å². The molecular formula is C19H20N4O4. The number of anilines is 1. The Labute approximate surface area is 156 Å². The average molecular weight is 368 g/mol. The molecule has 0 radical (unpaired) electrons. The van der Waals surface area contributed by atoms with Crippen LogP contribution in [0.4, 0.5) is 5.95 Å². The standard InChI is InChI=1S/C19H20N4O4/c1-11-12(2)22-23-19(20-11)21-18(24)17-8-6-15(27-17)10-13-9-14(25-3)5-7-16(13)26-4/h5-9H,10H2,1-4H3,(H,20,21,23,24). The van der Waals surface area contributed by atoms with Gasteiger partial charge in [-0.25, -0.2) is 4.98 Å². The predicted molar refractivity (Wildman–Crippen MR) is 98.3 cm³/mol. The van der Waals surface area contributed by atoms with E-state index in [9.17, 15) is 4.79 Å². The van der Waals surface area contributed by atoms with Crippen LogP contribution >= 0.6 is 0 Å². The fraction of sp³-hybridized carbons (Fsp3) is 0.263. The zero-order chi connectivity index (χ0) is 19.4. The van der Waals surface area contributed by atoms with Crippen LogP contribution in [0.1, 0.15) is 33.3 Å². The first kappa shape index (κ1) is 18.4. The van der Waals surface area contributed by atoms with Gasteiger partial charge in [0.25, 0.3) is 5.91 Å². The van der Waals surface area contributed by atoms with Gasteiger partial charge >= 0.3 is 0 Å². The number of benzene rings is 1. The molecule has 3 rings (SSSR count). The molecule has 0 bridgehead atoms. The van der Waals surface area contributed by atoms with Crippen molar-refractivity contribution in [3.63, 3.8) is 0 Å². The molecule has 2 aromatic heterocycles. The Kier molecular flexibility index (Phi) is 5.35. The molecule has 0 fully saturated rings. The third-order valence-electron chi connectivity index (χ3n) is 4.05. The Morgan fingerprint density at radius 3 is 2.59 bits per heavy atom. The van der Waals surface area contributed by atoms with Crippen LogP contribution in [-0.2, 0) is 6.42 Å². The molecule has 0 spiro atoms. The molecule has 27 heavy (non-hydrogen) atoms. The van der Waals surface area contributed by atoms with Gasteiger partial charge in [-0.2, -0.15) is 5.10 Å². The van der Waals surface area contributed by atoms with Gasteiger partial charge in [-0.3, -0.25) is 10.1 Å². The molecule has 0 unspecified atom stereocenters. The molecule has 8 nitrogen and oxygen atoms in total. The molecule has 0 aliphatic heterocycles. The van der Waals surface area contributed by atoms with E-state index < -0.39 is 5.91 Å². The van der Waals surface area contributed by atoms with Crippen LogP contribution in [0.15, 0.2) is 34.7 Å². The van der Waals surface area contributed by atoms with E-state index in [4.69, 9.17) is 13.9 Å². The summed E-state index contributed by atoms with van der Waals surface area (Å²) in [5.41, 5.74) is 2.30. The molecule has 0 aliphatic carbocycles. The molecule has 1 amide bonds. The topological polar surface area (TPSA) is 99.4 Å². The second-order valence-corrected chi connectivity index (χ2v) is 5.88. The summed E-state index contributed by atoms with van der Waals surface area (Å²) in [5, 5.41) is 10.4.